The van der Waals surface area contributed by atoms with Gasteiger partial charge in [0, 0.05) is 82.4 Å². The van der Waals surface area contributed by atoms with Crippen LogP contribution in [0.15, 0.2) is 54.9 Å². The zero-order valence-electron chi connectivity index (χ0n) is 21.9. The normalized spacial score (nSPS) is 23.2. The molecule has 1 aromatic heterocycles. The molecule has 2 fully saturated rings. The third-order valence-electron chi connectivity index (χ3n) is 7.66. The number of fused-ring (bicyclic) bond motifs is 3. The molecule has 0 unspecified atom stereocenters. The van der Waals surface area contributed by atoms with Crippen molar-refractivity contribution in [1.29, 1.82) is 0 Å². The van der Waals surface area contributed by atoms with E-state index >= 15 is 0 Å². The number of anilines is 1. The van der Waals surface area contributed by atoms with Crippen LogP contribution in [-0.4, -0.2) is 74.1 Å². The van der Waals surface area contributed by atoms with Crippen molar-refractivity contribution in [1.82, 2.24) is 25.8 Å². The van der Waals surface area contributed by atoms with Crippen molar-refractivity contribution in [3.05, 3.63) is 66.0 Å². The Hall–Kier alpha value is -3.43. The molecule has 9 nitrogen and oxygen atoms in total. The highest BCUT2D eigenvalue weighted by Gasteiger charge is 2.31. The summed E-state index contributed by atoms with van der Waals surface area (Å²) in [4.78, 5) is 34.2. The maximum Gasteiger partial charge on any atom is 0.236 e. The first-order valence-electron chi connectivity index (χ1n) is 13.7. The van der Waals surface area contributed by atoms with E-state index in [1.54, 1.807) is 12.4 Å². The second-order valence-corrected chi connectivity index (χ2v) is 10.3. The number of aromatic nitrogens is 1. The van der Waals surface area contributed by atoms with Gasteiger partial charge in [-0.25, -0.2) is 0 Å². The quantitative estimate of drug-likeness (QED) is 0.519. The molecule has 2 amide bonds. The minimum absolute atomic E-state index is 0.0297. The minimum Gasteiger partial charge on any atom is -0.489 e. The second kappa shape index (κ2) is 12.9. The lowest BCUT2D eigenvalue weighted by Crippen LogP contribution is -2.47. The van der Waals surface area contributed by atoms with E-state index in [0.717, 1.165) is 49.5 Å². The van der Waals surface area contributed by atoms with E-state index in [-0.39, 0.29) is 30.2 Å². The molecule has 0 saturated carbocycles. The summed E-state index contributed by atoms with van der Waals surface area (Å²) < 4.78 is 6.17. The Labute approximate surface area is 224 Å². The number of piperazine rings is 1. The number of piperidine rings is 1. The van der Waals surface area contributed by atoms with Gasteiger partial charge in [0.1, 0.15) is 12.4 Å². The standard InChI is InChI=1S/C29H38N6O3/c36-28(33-18-22-3-1-8-31-17-22)16-23-7-11-35-21-24(23)4-2-14-38-27-6-5-26(34-12-9-30-10-13-34)15-25(27)19-32-20-29(35)37/h1-6,8,15,17,23-24,30,32H,7,9-14,16,18-21H2,(H,33,36)/b4-2+/t23-,24-/m0/s1. The molecule has 202 valence electrons. The zero-order valence-corrected chi connectivity index (χ0v) is 21.9. The Morgan fingerprint density at radius 1 is 1.11 bits per heavy atom. The van der Waals surface area contributed by atoms with Crippen LogP contribution in [0, 0.1) is 11.8 Å². The number of nitrogens with one attached hydrogen (secondary N) is 3. The van der Waals surface area contributed by atoms with Crippen LogP contribution in [0.1, 0.15) is 24.0 Å². The number of benzene rings is 1. The molecule has 3 N–H and O–H groups in total. The molecular weight excluding hydrogens is 480 g/mol. The fourth-order valence-electron chi connectivity index (χ4n) is 5.49. The van der Waals surface area contributed by atoms with Gasteiger partial charge in [-0.2, -0.15) is 0 Å². The number of ether oxygens (including phenoxy) is 1. The predicted molar refractivity (Wildman–Crippen MR) is 147 cm³/mol. The number of pyridine rings is 1. The Morgan fingerprint density at radius 3 is 2.84 bits per heavy atom. The average Bonchev–Trinajstić information content (AvgIpc) is 2.97. The number of amides is 2. The lowest BCUT2D eigenvalue weighted by Gasteiger charge is -2.37. The van der Waals surface area contributed by atoms with Crippen molar-refractivity contribution in [3.63, 3.8) is 0 Å². The highest BCUT2D eigenvalue weighted by molar-refractivity contribution is 5.79. The van der Waals surface area contributed by atoms with Crippen LogP contribution in [0.4, 0.5) is 5.69 Å². The van der Waals surface area contributed by atoms with E-state index in [4.69, 9.17) is 4.74 Å². The molecule has 2 bridgehead atoms. The molecular formula is C29H38N6O3. The third kappa shape index (κ3) is 6.90. The van der Waals surface area contributed by atoms with Crippen LogP contribution >= 0.6 is 0 Å². The highest BCUT2D eigenvalue weighted by atomic mass is 16.5. The lowest BCUT2D eigenvalue weighted by molar-refractivity contribution is -0.132. The minimum atomic E-state index is 0.0297. The van der Waals surface area contributed by atoms with Gasteiger partial charge < -0.3 is 30.5 Å². The molecule has 3 aliphatic heterocycles. The fraction of sp³-hybridized carbons (Fsp3) is 0.483. The van der Waals surface area contributed by atoms with Gasteiger partial charge in [-0.05, 0) is 48.1 Å². The Balaban J connectivity index is 1.24. The van der Waals surface area contributed by atoms with Crippen molar-refractivity contribution < 1.29 is 14.3 Å². The summed E-state index contributed by atoms with van der Waals surface area (Å²) in [6.45, 7) is 6.99. The first kappa shape index (κ1) is 26.2. The van der Waals surface area contributed by atoms with Crippen LogP contribution in [0.3, 0.4) is 0 Å². The average molecular weight is 519 g/mol. The van der Waals surface area contributed by atoms with E-state index in [0.29, 0.717) is 39.2 Å². The van der Waals surface area contributed by atoms with Crippen LogP contribution in [-0.2, 0) is 22.7 Å². The number of rotatable bonds is 5. The van der Waals surface area contributed by atoms with E-state index in [9.17, 15) is 9.59 Å². The summed E-state index contributed by atoms with van der Waals surface area (Å²) in [5, 5.41) is 9.76. The molecule has 38 heavy (non-hydrogen) atoms. The number of nitrogens with zero attached hydrogens (tertiary/aromatic N) is 3. The monoisotopic (exact) mass is 518 g/mol. The van der Waals surface area contributed by atoms with Gasteiger partial charge in [0.25, 0.3) is 0 Å². The Kier molecular flexibility index (Phi) is 8.88. The molecule has 5 rings (SSSR count). The maximum absolute atomic E-state index is 13.0. The lowest BCUT2D eigenvalue weighted by atomic mass is 9.82. The number of hydrogen-bond acceptors (Lipinski definition) is 7. The molecule has 9 heteroatoms. The van der Waals surface area contributed by atoms with Gasteiger partial charge >= 0.3 is 0 Å². The first-order valence-corrected chi connectivity index (χ1v) is 13.7. The molecule has 1 aromatic carbocycles. The number of carbonyl (C=O) groups is 2. The van der Waals surface area contributed by atoms with Crippen LogP contribution in [0.25, 0.3) is 0 Å². The summed E-state index contributed by atoms with van der Waals surface area (Å²) >= 11 is 0. The third-order valence-corrected chi connectivity index (χ3v) is 7.66. The van der Waals surface area contributed by atoms with Crippen LogP contribution in [0.5, 0.6) is 5.75 Å². The predicted octanol–water partition coefficient (Wildman–Crippen LogP) is 1.70. The van der Waals surface area contributed by atoms with Crippen molar-refractivity contribution >= 4 is 17.5 Å². The molecule has 2 atom stereocenters. The highest BCUT2D eigenvalue weighted by Crippen LogP contribution is 2.29. The number of hydrogen-bond donors (Lipinski definition) is 3. The largest absolute Gasteiger partial charge is 0.489 e. The summed E-state index contributed by atoms with van der Waals surface area (Å²) in [6, 6.07) is 10.2. The maximum atomic E-state index is 13.0. The van der Waals surface area contributed by atoms with Gasteiger partial charge in [-0.1, -0.05) is 18.2 Å². The summed E-state index contributed by atoms with van der Waals surface area (Å²) in [5.41, 5.74) is 3.22. The summed E-state index contributed by atoms with van der Waals surface area (Å²) in [6.07, 6.45) is 8.91. The molecule has 2 aromatic rings. The van der Waals surface area contributed by atoms with Crippen molar-refractivity contribution in [2.75, 3.05) is 57.3 Å². The molecule has 0 aliphatic carbocycles. The van der Waals surface area contributed by atoms with Crippen LogP contribution in [0.2, 0.25) is 0 Å². The van der Waals surface area contributed by atoms with Crippen molar-refractivity contribution in [3.8, 4) is 5.75 Å². The van der Waals surface area contributed by atoms with Gasteiger partial charge in [0.05, 0.1) is 6.54 Å². The van der Waals surface area contributed by atoms with E-state index in [2.05, 4.69) is 44.0 Å². The summed E-state index contributed by atoms with van der Waals surface area (Å²) in [7, 11) is 0. The van der Waals surface area contributed by atoms with Gasteiger partial charge in [-0.3, -0.25) is 14.6 Å². The van der Waals surface area contributed by atoms with Crippen LogP contribution < -0.4 is 25.6 Å². The zero-order chi connectivity index (χ0) is 26.2. The SMILES string of the molecule is O=C(C[C@@H]1CCN2C[C@@H]1/C=C/COc1ccc(N3CCNCC3)cc1CNCC2=O)NCc1cccnc1. The van der Waals surface area contributed by atoms with Gasteiger partial charge in [-0.15, -0.1) is 0 Å². The Bertz CT molecular complexity index is 1120. The molecule has 4 heterocycles. The van der Waals surface area contributed by atoms with Gasteiger partial charge in [0.15, 0.2) is 0 Å². The van der Waals surface area contributed by atoms with E-state index < -0.39 is 0 Å². The smallest absolute Gasteiger partial charge is 0.236 e. The molecule has 2 saturated heterocycles. The van der Waals surface area contributed by atoms with E-state index in [1.165, 1.54) is 5.69 Å². The van der Waals surface area contributed by atoms with E-state index in [1.807, 2.05) is 29.2 Å². The van der Waals surface area contributed by atoms with Gasteiger partial charge in [0.2, 0.25) is 11.8 Å². The van der Waals surface area contributed by atoms with Crippen molar-refractivity contribution in [2.45, 2.75) is 25.9 Å². The topological polar surface area (TPSA) is 98.8 Å². The first-order chi connectivity index (χ1) is 18.7. The molecule has 0 radical (unpaired) electrons. The second-order valence-electron chi connectivity index (χ2n) is 10.3. The summed E-state index contributed by atoms with van der Waals surface area (Å²) in [5.74, 6) is 1.25. The Morgan fingerprint density at radius 2 is 2.00 bits per heavy atom. The fourth-order valence-corrected chi connectivity index (χ4v) is 5.49. The molecule has 0 spiro atoms. The molecule has 3 aliphatic rings. The van der Waals surface area contributed by atoms with Crippen molar-refractivity contribution in [2.24, 2.45) is 11.8 Å². The number of carbonyl (C=O) groups excluding carboxylic acids is 2.